The number of amides is 2. The Balaban J connectivity index is 1.54. The normalized spacial score (nSPS) is 12.3. The molecule has 1 heterocycles. The molecule has 0 saturated carbocycles. The number of benzene rings is 1. The van der Waals surface area contributed by atoms with Gasteiger partial charge < -0.3 is 18.6 Å². The van der Waals surface area contributed by atoms with Gasteiger partial charge in [-0.05, 0) is 43.9 Å². The molecule has 3 rings (SSSR count). The van der Waals surface area contributed by atoms with Crippen LogP contribution in [0, 0.1) is 0 Å². The second kappa shape index (κ2) is 8.55. The van der Waals surface area contributed by atoms with E-state index in [-0.39, 0.29) is 12.2 Å². The van der Waals surface area contributed by atoms with Gasteiger partial charge in [0.25, 0.3) is 5.91 Å². The van der Waals surface area contributed by atoms with Gasteiger partial charge in [-0.1, -0.05) is 0 Å². The van der Waals surface area contributed by atoms with Crippen LogP contribution in [0.5, 0.6) is 5.75 Å². The van der Waals surface area contributed by atoms with Gasteiger partial charge in [0.2, 0.25) is 0 Å². The molecule has 0 aliphatic heterocycles. The second-order valence-electron chi connectivity index (χ2n) is 6.08. The molecule has 0 atom stereocenters. The predicted molar refractivity (Wildman–Crippen MR) is 96.1 cm³/mol. The highest BCUT2D eigenvalue weighted by molar-refractivity contribution is 5.93. The fraction of sp³-hybridized carbons (Fsp3) is 0.368. The number of fused-ring (bicyclic) bond motifs is 3. The van der Waals surface area contributed by atoms with E-state index in [1.54, 1.807) is 19.1 Å². The van der Waals surface area contributed by atoms with Gasteiger partial charge in [0, 0.05) is 17.0 Å². The molecule has 28 heavy (non-hydrogen) atoms. The van der Waals surface area contributed by atoms with Crippen molar-refractivity contribution in [2.45, 2.75) is 26.2 Å². The van der Waals surface area contributed by atoms with Crippen molar-refractivity contribution in [2.75, 3.05) is 19.8 Å². The second-order valence-corrected chi connectivity index (χ2v) is 6.08. The average molecular weight is 389 g/mol. The molecule has 0 unspecified atom stereocenters. The highest BCUT2D eigenvalue weighted by Gasteiger charge is 2.20. The number of carbonyl (C=O) groups excluding carboxylic acids is 3. The minimum Gasteiger partial charge on any atom is -0.482 e. The van der Waals surface area contributed by atoms with E-state index in [2.05, 4.69) is 4.74 Å². The maximum absolute atomic E-state index is 12.0. The van der Waals surface area contributed by atoms with E-state index in [0.29, 0.717) is 11.3 Å². The fourth-order valence-corrected chi connectivity index (χ4v) is 3.00. The first-order valence-corrected chi connectivity index (χ1v) is 8.81. The Kier molecular flexibility index (Phi) is 5.93. The number of ether oxygens (including phenoxy) is 3. The zero-order chi connectivity index (χ0) is 20.1. The first-order chi connectivity index (χ1) is 13.5. The van der Waals surface area contributed by atoms with Gasteiger partial charge in [0.05, 0.1) is 6.61 Å². The summed E-state index contributed by atoms with van der Waals surface area (Å²) in [5.74, 6) is -1.29. The molecule has 2 aromatic rings. The van der Waals surface area contributed by atoms with E-state index in [1.807, 2.05) is 5.32 Å². The molecule has 1 aliphatic rings. The van der Waals surface area contributed by atoms with Gasteiger partial charge in [-0.3, -0.25) is 10.1 Å². The third-order valence-electron chi connectivity index (χ3n) is 4.18. The Bertz CT molecular complexity index is 978. The summed E-state index contributed by atoms with van der Waals surface area (Å²) >= 11 is 0. The summed E-state index contributed by atoms with van der Waals surface area (Å²) in [6.45, 7) is 0.612. The van der Waals surface area contributed by atoms with Crippen LogP contribution in [0.25, 0.3) is 11.0 Å². The van der Waals surface area contributed by atoms with Gasteiger partial charge in [0.15, 0.2) is 13.2 Å². The zero-order valence-corrected chi connectivity index (χ0v) is 15.2. The van der Waals surface area contributed by atoms with Crippen molar-refractivity contribution in [3.8, 4) is 5.75 Å². The lowest BCUT2D eigenvalue weighted by Gasteiger charge is -2.09. The van der Waals surface area contributed by atoms with E-state index in [9.17, 15) is 19.2 Å². The van der Waals surface area contributed by atoms with Crippen LogP contribution in [0.4, 0.5) is 4.79 Å². The van der Waals surface area contributed by atoms with Crippen molar-refractivity contribution in [1.82, 2.24) is 5.32 Å². The molecule has 9 nitrogen and oxygen atoms in total. The molecular formula is C19H19NO8. The van der Waals surface area contributed by atoms with E-state index in [4.69, 9.17) is 13.9 Å². The van der Waals surface area contributed by atoms with Crippen LogP contribution in [0.1, 0.15) is 24.5 Å². The lowest BCUT2D eigenvalue weighted by Crippen LogP contribution is -2.35. The molecule has 0 fully saturated rings. The van der Waals surface area contributed by atoms with Crippen molar-refractivity contribution >= 4 is 28.9 Å². The van der Waals surface area contributed by atoms with Crippen molar-refractivity contribution in [3.05, 3.63) is 39.7 Å². The van der Waals surface area contributed by atoms with Crippen LogP contribution < -0.4 is 15.7 Å². The minimum absolute atomic E-state index is 0.113. The topological polar surface area (TPSA) is 121 Å². The summed E-state index contributed by atoms with van der Waals surface area (Å²) in [6.07, 6.45) is 1.57. The van der Waals surface area contributed by atoms with E-state index < -0.39 is 31.2 Å². The monoisotopic (exact) mass is 389 g/mol. The molecular weight excluding hydrogens is 370 g/mol. The Morgan fingerprint density at radius 1 is 1.11 bits per heavy atom. The van der Waals surface area contributed by atoms with Crippen LogP contribution in [0.15, 0.2) is 27.4 Å². The number of carbonyl (C=O) groups is 3. The summed E-state index contributed by atoms with van der Waals surface area (Å²) in [5, 5.41) is 2.75. The van der Waals surface area contributed by atoms with Gasteiger partial charge in [0.1, 0.15) is 11.3 Å². The molecule has 148 valence electrons. The summed E-state index contributed by atoms with van der Waals surface area (Å²) in [5.41, 5.74) is 1.78. The highest BCUT2D eigenvalue weighted by atomic mass is 16.6. The molecule has 1 aliphatic carbocycles. The number of rotatable bonds is 6. The Morgan fingerprint density at radius 2 is 1.89 bits per heavy atom. The lowest BCUT2D eigenvalue weighted by molar-refractivity contribution is -0.150. The Hall–Kier alpha value is -3.36. The smallest absolute Gasteiger partial charge is 0.413 e. The number of esters is 1. The number of hydrogen-bond acceptors (Lipinski definition) is 8. The van der Waals surface area contributed by atoms with Gasteiger partial charge in [-0.25, -0.2) is 14.4 Å². The predicted octanol–water partition coefficient (Wildman–Crippen LogP) is 1.48. The molecule has 0 spiro atoms. The molecule has 2 amide bonds. The van der Waals surface area contributed by atoms with Crippen LogP contribution in [0.3, 0.4) is 0 Å². The molecule has 1 aromatic heterocycles. The number of hydrogen-bond donors (Lipinski definition) is 1. The molecule has 0 saturated heterocycles. The van der Waals surface area contributed by atoms with Gasteiger partial charge in [-0.2, -0.15) is 0 Å². The van der Waals surface area contributed by atoms with Crippen molar-refractivity contribution < 1.29 is 33.0 Å². The summed E-state index contributed by atoms with van der Waals surface area (Å²) in [4.78, 5) is 46.2. The minimum atomic E-state index is -0.913. The Labute approximate surface area is 159 Å². The van der Waals surface area contributed by atoms with Crippen LogP contribution >= 0.6 is 0 Å². The highest BCUT2D eigenvalue weighted by Crippen LogP contribution is 2.29. The number of aryl methyl sites for hydroxylation is 1. The molecule has 0 bridgehead atoms. The van der Waals surface area contributed by atoms with Crippen molar-refractivity contribution in [1.29, 1.82) is 0 Å². The largest absolute Gasteiger partial charge is 0.482 e. The van der Waals surface area contributed by atoms with E-state index >= 15 is 0 Å². The summed E-state index contributed by atoms with van der Waals surface area (Å²) < 4.78 is 19.9. The zero-order valence-electron chi connectivity index (χ0n) is 15.2. The maximum Gasteiger partial charge on any atom is 0.413 e. The number of nitrogens with one attached hydrogen (secondary N) is 1. The maximum atomic E-state index is 12.0. The fourth-order valence-electron chi connectivity index (χ4n) is 3.00. The van der Waals surface area contributed by atoms with Crippen molar-refractivity contribution in [2.24, 2.45) is 0 Å². The lowest BCUT2D eigenvalue weighted by atomic mass is 10.1. The first kappa shape index (κ1) is 19.4. The molecule has 9 heteroatoms. The third kappa shape index (κ3) is 4.48. The summed E-state index contributed by atoms with van der Waals surface area (Å²) in [7, 11) is 0. The van der Waals surface area contributed by atoms with Crippen molar-refractivity contribution in [3.63, 3.8) is 0 Å². The molecule has 1 aromatic carbocycles. The number of alkyl carbamates (subject to hydrolysis) is 1. The van der Waals surface area contributed by atoms with Gasteiger partial charge >= 0.3 is 17.7 Å². The Morgan fingerprint density at radius 3 is 2.68 bits per heavy atom. The molecule has 0 radical (unpaired) electrons. The standard InChI is InChI=1S/C19H19NO8/c1-2-25-19(24)20-16(21)9-27-17(22)10-26-11-6-7-13-12-4-3-5-14(12)18(23)28-15(13)8-11/h6-8H,2-5,9-10H2,1H3,(H,20,21,24). The van der Waals surface area contributed by atoms with Crippen LogP contribution in [-0.2, 0) is 31.9 Å². The quantitative estimate of drug-likeness (QED) is 0.582. The van der Waals surface area contributed by atoms with Crippen LogP contribution in [-0.4, -0.2) is 37.8 Å². The molecule has 1 N–H and O–H groups in total. The average Bonchev–Trinajstić information content (AvgIpc) is 3.15. The van der Waals surface area contributed by atoms with Gasteiger partial charge in [-0.15, -0.1) is 0 Å². The number of imide groups is 1. The third-order valence-corrected chi connectivity index (χ3v) is 4.18. The first-order valence-electron chi connectivity index (χ1n) is 8.81. The van der Waals surface area contributed by atoms with Crippen LogP contribution in [0.2, 0.25) is 0 Å². The van der Waals surface area contributed by atoms with E-state index in [0.717, 1.165) is 35.8 Å². The SMILES string of the molecule is CCOC(=O)NC(=O)COC(=O)COc1ccc2c3c(c(=O)oc2c1)CCC3. The summed E-state index contributed by atoms with van der Waals surface area (Å²) in [6, 6.07) is 4.99. The van der Waals surface area contributed by atoms with E-state index in [1.165, 1.54) is 6.07 Å².